The first-order valence-corrected chi connectivity index (χ1v) is 12.0. The molecule has 0 fully saturated rings. The number of nitrogens with one attached hydrogen (secondary N) is 2. The fraction of sp³-hybridized carbons (Fsp3) is 0.0800. The van der Waals surface area contributed by atoms with Gasteiger partial charge in [-0.3, -0.25) is 14.2 Å². The summed E-state index contributed by atoms with van der Waals surface area (Å²) in [6.07, 6.45) is -4.62. The van der Waals surface area contributed by atoms with Crippen LogP contribution in [0.1, 0.15) is 5.56 Å². The zero-order valence-corrected chi connectivity index (χ0v) is 19.8. The summed E-state index contributed by atoms with van der Waals surface area (Å²) in [6.45, 7) is 0. The summed E-state index contributed by atoms with van der Waals surface area (Å²) in [5.41, 5.74) is 0.178. The van der Waals surface area contributed by atoms with Crippen LogP contribution in [-0.4, -0.2) is 26.2 Å². The Hall–Kier alpha value is -3.76. The van der Waals surface area contributed by atoms with Gasteiger partial charge in [0.2, 0.25) is 5.91 Å². The lowest BCUT2D eigenvalue weighted by Gasteiger charge is -2.14. The summed E-state index contributed by atoms with van der Waals surface area (Å²) in [5, 5.41) is 3.63. The van der Waals surface area contributed by atoms with Gasteiger partial charge >= 0.3 is 6.18 Å². The van der Waals surface area contributed by atoms with Crippen molar-refractivity contribution in [3.8, 4) is 5.69 Å². The number of thioether (sulfide) groups is 1. The van der Waals surface area contributed by atoms with Crippen molar-refractivity contribution in [2.45, 2.75) is 11.3 Å². The quantitative estimate of drug-likeness (QED) is 0.208. The number of para-hydroxylation sites is 2. The first kappa shape index (κ1) is 24.0. The van der Waals surface area contributed by atoms with Crippen molar-refractivity contribution in [2.75, 3.05) is 11.1 Å². The van der Waals surface area contributed by atoms with Crippen molar-refractivity contribution in [3.63, 3.8) is 0 Å². The average molecular weight is 529 g/mol. The van der Waals surface area contributed by atoms with E-state index in [0.29, 0.717) is 16.2 Å². The van der Waals surface area contributed by atoms with Crippen molar-refractivity contribution < 1.29 is 18.0 Å². The molecule has 3 aromatic carbocycles. The van der Waals surface area contributed by atoms with Crippen molar-refractivity contribution in [3.05, 3.63) is 93.7 Å². The molecule has 0 bridgehead atoms. The van der Waals surface area contributed by atoms with Crippen LogP contribution in [0.4, 0.5) is 18.9 Å². The van der Waals surface area contributed by atoms with Crippen LogP contribution in [0, 0.1) is 0 Å². The predicted molar refractivity (Wildman–Crippen MR) is 135 cm³/mol. The number of hydrogen-bond donors (Lipinski definition) is 2. The third-order valence-corrected chi connectivity index (χ3v) is 6.57. The number of aromatic nitrogens is 3. The molecule has 2 N–H and O–H groups in total. The molecule has 0 unspecified atom stereocenters. The van der Waals surface area contributed by atoms with Gasteiger partial charge in [0.05, 0.1) is 22.7 Å². The number of nitrogens with zero attached hydrogens (tertiary/aromatic N) is 2. The molecule has 2 aromatic heterocycles. The van der Waals surface area contributed by atoms with E-state index in [-0.39, 0.29) is 22.1 Å². The van der Waals surface area contributed by atoms with Gasteiger partial charge in [-0.05, 0) is 36.4 Å². The topological polar surface area (TPSA) is 79.8 Å². The highest BCUT2D eigenvalue weighted by Gasteiger charge is 2.33. The van der Waals surface area contributed by atoms with Crippen LogP contribution in [0.5, 0.6) is 0 Å². The van der Waals surface area contributed by atoms with Crippen LogP contribution >= 0.6 is 23.4 Å². The van der Waals surface area contributed by atoms with Crippen LogP contribution in [0.25, 0.3) is 27.6 Å². The number of carbonyl (C=O) groups is 1. The van der Waals surface area contributed by atoms with Gasteiger partial charge in [0.25, 0.3) is 5.56 Å². The number of rotatable bonds is 5. The Morgan fingerprint density at radius 1 is 1.06 bits per heavy atom. The number of amides is 1. The number of alkyl halides is 3. The van der Waals surface area contributed by atoms with E-state index in [4.69, 9.17) is 11.6 Å². The Morgan fingerprint density at radius 3 is 2.58 bits per heavy atom. The monoisotopic (exact) mass is 528 g/mol. The fourth-order valence-electron chi connectivity index (χ4n) is 3.84. The van der Waals surface area contributed by atoms with Gasteiger partial charge in [-0.1, -0.05) is 59.8 Å². The molecule has 5 aromatic rings. The molecule has 0 aliphatic rings. The number of anilines is 1. The maximum atomic E-state index is 13.5. The van der Waals surface area contributed by atoms with E-state index < -0.39 is 23.2 Å². The van der Waals surface area contributed by atoms with Gasteiger partial charge in [0.15, 0.2) is 5.16 Å². The van der Waals surface area contributed by atoms with E-state index in [1.165, 1.54) is 22.8 Å². The summed E-state index contributed by atoms with van der Waals surface area (Å²) in [5.74, 6) is -0.963. The Bertz CT molecular complexity index is 1680. The molecule has 0 spiro atoms. The molecule has 0 radical (unpaired) electrons. The first-order valence-electron chi connectivity index (χ1n) is 10.6. The number of halogens is 4. The molecule has 2 heterocycles. The van der Waals surface area contributed by atoms with Crippen molar-refractivity contribution >= 4 is 56.9 Å². The first-order chi connectivity index (χ1) is 17.2. The summed E-state index contributed by atoms with van der Waals surface area (Å²) < 4.78 is 41.2. The van der Waals surface area contributed by atoms with Crippen LogP contribution < -0.4 is 10.9 Å². The van der Waals surface area contributed by atoms with Crippen molar-refractivity contribution in [1.82, 2.24) is 14.5 Å². The molecule has 0 saturated carbocycles. The number of benzene rings is 3. The molecule has 5 rings (SSSR count). The average Bonchev–Trinajstić information content (AvgIpc) is 3.21. The lowest BCUT2D eigenvalue weighted by atomic mass is 10.1. The molecule has 1 amide bonds. The van der Waals surface area contributed by atoms with E-state index >= 15 is 0 Å². The number of fused-ring (bicyclic) bond motifs is 3. The smallest absolute Gasteiger partial charge is 0.349 e. The summed E-state index contributed by atoms with van der Waals surface area (Å²) >= 11 is 7.08. The molecule has 0 atom stereocenters. The Labute approximate surface area is 211 Å². The molecule has 0 saturated heterocycles. The minimum absolute atomic E-state index is 0.193. The molecular formula is C25H16ClF3N4O2S. The van der Waals surface area contributed by atoms with Gasteiger partial charge in [-0.25, -0.2) is 4.98 Å². The highest BCUT2D eigenvalue weighted by atomic mass is 35.5. The second-order valence-corrected chi connectivity index (χ2v) is 9.17. The van der Waals surface area contributed by atoms with Gasteiger partial charge in [0, 0.05) is 15.9 Å². The largest absolute Gasteiger partial charge is 0.418 e. The second kappa shape index (κ2) is 9.36. The second-order valence-electron chi connectivity index (χ2n) is 7.79. The SMILES string of the molecule is O=C(CSc1nc2c([nH]c3ccccc32)c(=O)n1-c1cccc(Cl)c1)Nc1ccccc1C(F)(F)F. The molecule has 0 aliphatic carbocycles. The number of carbonyl (C=O) groups excluding carboxylic acids is 1. The number of H-pyrrole nitrogens is 1. The Morgan fingerprint density at radius 2 is 1.81 bits per heavy atom. The van der Waals surface area contributed by atoms with Crippen LogP contribution in [0.2, 0.25) is 5.02 Å². The predicted octanol–water partition coefficient (Wildman–Crippen LogP) is 6.27. The van der Waals surface area contributed by atoms with E-state index in [9.17, 15) is 22.8 Å². The summed E-state index contributed by atoms with van der Waals surface area (Å²) in [7, 11) is 0. The van der Waals surface area contributed by atoms with E-state index in [1.54, 1.807) is 24.3 Å². The summed E-state index contributed by atoms with van der Waals surface area (Å²) in [4.78, 5) is 33.9. The third kappa shape index (κ3) is 4.57. The standard InChI is InChI=1S/C25H16ClF3N4O2S/c26-14-6-5-7-15(12-14)33-23(35)22-21(16-8-1-3-10-18(16)31-22)32-24(33)36-13-20(34)30-19-11-4-2-9-17(19)25(27,28)29/h1-12,31H,13H2,(H,30,34). The van der Waals surface area contributed by atoms with Crippen LogP contribution in [-0.2, 0) is 11.0 Å². The zero-order valence-electron chi connectivity index (χ0n) is 18.3. The Kier molecular flexibility index (Phi) is 6.23. The van der Waals surface area contributed by atoms with E-state index in [2.05, 4.69) is 15.3 Å². The minimum atomic E-state index is -4.62. The maximum Gasteiger partial charge on any atom is 0.418 e. The lowest BCUT2D eigenvalue weighted by molar-refractivity contribution is -0.137. The highest BCUT2D eigenvalue weighted by Crippen LogP contribution is 2.35. The highest BCUT2D eigenvalue weighted by molar-refractivity contribution is 7.99. The third-order valence-electron chi connectivity index (χ3n) is 5.40. The normalized spacial score (nSPS) is 11.8. The molecule has 11 heteroatoms. The lowest BCUT2D eigenvalue weighted by Crippen LogP contribution is -2.23. The Balaban J connectivity index is 1.54. The van der Waals surface area contributed by atoms with Crippen LogP contribution in [0.15, 0.2) is 82.7 Å². The minimum Gasteiger partial charge on any atom is -0.349 e. The number of aromatic amines is 1. The fourth-order valence-corrected chi connectivity index (χ4v) is 4.83. The van der Waals surface area contributed by atoms with Gasteiger partial charge in [-0.15, -0.1) is 0 Å². The van der Waals surface area contributed by atoms with Crippen molar-refractivity contribution in [2.24, 2.45) is 0 Å². The van der Waals surface area contributed by atoms with Gasteiger partial charge in [-0.2, -0.15) is 13.2 Å². The number of hydrogen-bond acceptors (Lipinski definition) is 4. The molecule has 0 aliphatic heterocycles. The molecule has 36 heavy (non-hydrogen) atoms. The van der Waals surface area contributed by atoms with E-state index in [1.807, 2.05) is 24.3 Å². The van der Waals surface area contributed by atoms with Crippen LogP contribution in [0.3, 0.4) is 0 Å². The summed E-state index contributed by atoms with van der Waals surface area (Å²) in [6, 6.07) is 18.6. The molecule has 182 valence electrons. The maximum absolute atomic E-state index is 13.5. The zero-order chi connectivity index (χ0) is 25.4. The van der Waals surface area contributed by atoms with E-state index in [0.717, 1.165) is 28.7 Å². The van der Waals surface area contributed by atoms with Gasteiger partial charge in [0.1, 0.15) is 11.0 Å². The molecule has 6 nitrogen and oxygen atoms in total. The van der Waals surface area contributed by atoms with Gasteiger partial charge < -0.3 is 10.3 Å². The molecular weight excluding hydrogens is 513 g/mol. The van der Waals surface area contributed by atoms with Crippen molar-refractivity contribution in [1.29, 1.82) is 0 Å².